The van der Waals surface area contributed by atoms with Gasteiger partial charge in [-0.15, -0.1) is 0 Å². The SMILES string of the molecule is CCOc1nc(Cl)nc(-c2ccn(C)n2)n1. The van der Waals surface area contributed by atoms with Gasteiger partial charge in [-0.2, -0.15) is 20.1 Å². The smallest absolute Gasteiger partial charge is 0.321 e. The molecule has 0 aromatic carbocycles. The molecule has 2 aromatic rings. The highest BCUT2D eigenvalue weighted by molar-refractivity contribution is 6.28. The Morgan fingerprint density at radius 1 is 1.38 bits per heavy atom. The van der Waals surface area contributed by atoms with Gasteiger partial charge in [0, 0.05) is 13.2 Å². The van der Waals surface area contributed by atoms with E-state index in [1.807, 2.05) is 14.0 Å². The van der Waals surface area contributed by atoms with Crippen molar-refractivity contribution in [3.63, 3.8) is 0 Å². The lowest BCUT2D eigenvalue weighted by Gasteiger charge is -2.02. The van der Waals surface area contributed by atoms with E-state index in [4.69, 9.17) is 16.3 Å². The summed E-state index contributed by atoms with van der Waals surface area (Å²) in [7, 11) is 1.82. The minimum absolute atomic E-state index is 0.0964. The number of aryl methyl sites for hydroxylation is 1. The molecule has 2 heterocycles. The van der Waals surface area contributed by atoms with Gasteiger partial charge in [-0.3, -0.25) is 4.68 Å². The zero-order chi connectivity index (χ0) is 11.5. The molecule has 0 saturated carbocycles. The fourth-order valence-corrected chi connectivity index (χ4v) is 1.33. The first-order chi connectivity index (χ1) is 7.69. The maximum atomic E-state index is 5.77. The Kier molecular flexibility index (Phi) is 3.00. The quantitative estimate of drug-likeness (QED) is 0.808. The molecule has 0 fully saturated rings. The van der Waals surface area contributed by atoms with Crippen molar-refractivity contribution in [2.45, 2.75) is 6.92 Å². The third-order valence-electron chi connectivity index (χ3n) is 1.80. The fourth-order valence-electron chi connectivity index (χ4n) is 1.17. The van der Waals surface area contributed by atoms with Crippen molar-refractivity contribution in [2.24, 2.45) is 7.05 Å². The van der Waals surface area contributed by atoms with E-state index in [-0.39, 0.29) is 11.3 Å². The minimum atomic E-state index is 0.0964. The van der Waals surface area contributed by atoms with Crippen LogP contribution in [0.15, 0.2) is 12.3 Å². The molecule has 16 heavy (non-hydrogen) atoms. The molecule has 0 bridgehead atoms. The number of ether oxygens (including phenoxy) is 1. The molecule has 0 radical (unpaired) electrons. The number of nitrogens with zero attached hydrogens (tertiary/aromatic N) is 5. The van der Waals surface area contributed by atoms with Crippen molar-refractivity contribution in [3.05, 3.63) is 17.5 Å². The predicted molar refractivity (Wildman–Crippen MR) is 58.2 cm³/mol. The minimum Gasteiger partial charge on any atom is -0.464 e. The van der Waals surface area contributed by atoms with Crippen LogP contribution in [0.3, 0.4) is 0 Å². The lowest BCUT2D eigenvalue weighted by molar-refractivity contribution is 0.312. The molecular formula is C9H10ClN5O. The highest BCUT2D eigenvalue weighted by Gasteiger charge is 2.09. The molecule has 0 N–H and O–H groups in total. The molecule has 0 saturated heterocycles. The Hall–Kier alpha value is -1.69. The molecule has 2 aromatic heterocycles. The van der Waals surface area contributed by atoms with Gasteiger partial charge in [0.2, 0.25) is 5.28 Å². The second-order valence-corrected chi connectivity index (χ2v) is 3.36. The summed E-state index contributed by atoms with van der Waals surface area (Å²) in [5.74, 6) is 0.407. The van der Waals surface area contributed by atoms with E-state index in [1.54, 1.807) is 16.9 Å². The van der Waals surface area contributed by atoms with Gasteiger partial charge < -0.3 is 4.74 Å². The van der Waals surface area contributed by atoms with E-state index in [1.165, 1.54) is 0 Å². The Balaban J connectivity index is 2.40. The first-order valence-corrected chi connectivity index (χ1v) is 5.11. The molecule has 0 atom stereocenters. The summed E-state index contributed by atoms with van der Waals surface area (Å²) in [5.41, 5.74) is 0.632. The summed E-state index contributed by atoms with van der Waals surface area (Å²) < 4.78 is 6.83. The molecule has 6 nitrogen and oxygen atoms in total. The van der Waals surface area contributed by atoms with E-state index in [0.29, 0.717) is 18.1 Å². The van der Waals surface area contributed by atoms with Crippen molar-refractivity contribution in [2.75, 3.05) is 6.61 Å². The molecule has 7 heteroatoms. The molecule has 2 rings (SSSR count). The van der Waals surface area contributed by atoms with Crippen molar-refractivity contribution in [1.82, 2.24) is 24.7 Å². The van der Waals surface area contributed by atoms with Gasteiger partial charge in [-0.25, -0.2) is 0 Å². The summed E-state index contributed by atoms with van der Waals surface area (Å²) in [6, 6.07) is 2.00. The highest BCUT2D eigenvalue weighted by Crippen LogP contribution is 2.16. The monoisotopic (exact) mass is 239 g/mol. The van der Waals surface area contributed by atoms with Crippen LogP contribution < -0.4 is 4.74 Å². The van der Waals surface area contributed by atoms with Crippen LogP contribution in [-0.2, 0) is 7.05 Å². The summed E-state index contributed by atoms with van der Waals surface area (Å²) >= 11 is 5.77. The van der Waals surface area contributed by atoms with Crippen LogP contribution in [0.1, 0.15) is 6.92 Å². The first-order valence-electron chi connectivity index (χ1n) is 4.73. The van der Waals surface area contributed by atoms with Crippen LogP contribution in [0.2, 0.25) is 5.28 Å². The van der Waals surface area contributed by atoms with Gasteiger partial charge in [0.25, 0.3) is 0 Å². The third kappa shape index (κ3) is 2.27. The van der Waals surface area contributed by atoms with Crippen molar-refractivity contribution in [3.8, 4) is 17.5 Å². The zero-order valence-electron chi connectivity index (χ0n) is 8.88. The van der Waals surface area contributed by atoms with E-state index < -0.39 is 0 Å². The van der Waals surface area contributed by atoms with Crippen LogP contribution in [-0.4, -0.2) is 31.3 Å². The van der Waals surface area contributed by atoms with Crippen LogP contribution in [0.25, 0.3) is 11.5 Å². The number of hydrogen-bond donors (Lipinski definition) is 0. The Labute approximate surface area is 97.3 Å². The molecule has 84 valence electrons. The van der Waals surface area contributed by atoms with E-state index in [2.05, 4.69) is 20.1 Å². The number of halogens is 1. The van der Waals surface area contributed by atoms with Crippen LogP contribution in [0, 0.1) is 0 Å². The summed E-state index contributed by atoms with van der Waals surface area (Å²) in [6.45, 7) is 2.32. The zero-order valence-corrected chi connectivity index (χ0v) is 9.64. The second-order valence-electron chi connectivity index (χ2n) is 3.02. The molecule has 0 unspecified atom stereocenters. The molecule has 0 aliphatic rings. The van der Waals surface area contributed by atoms with Crippen LogP contribution >= 0.6 is 11.6 Å². The third-order valence-corrected chi connectivity index (χ3v) is 1.97. The van der Waals surface area contributed by atoms with Crippen molar-refractivity contribution < 1.29 is 4.74 Å². The average Bonchev–Trinajstić information content (AvgIpc) is 2.64. The molecule has 0 aliphatic carbocycles. The van der Waals surface area contributed by atoms with Crippen molar-refractivity contribution in [1.29, 1.82) is 0 Å². The topological polar surface area (TPSA) is 65.7 Å². The molecule has 0 amide bonds. The molecular weight excluding hydrogens is 230 g/mol. The highest BCUT2D eigenvalue weighted by atomic mass is 35.5. The Morgan fingerprint density at radius 3 is 2.81 bits per heavy atom. The summed E-state index contributed by atoms with van der Waals surface area (Å²) in [4.78, 5) is 11.9. The van der Waals surface area contributed by atoms with E-state index in [0.717, 1.165) is 0 Å². The Morgan fingerprint density at radius 2 is 2.19 bits per heavy atom. The summed E-state index contributed by atoms with van der Waals surface area (Å²) in [5, 5.41) is 4.27. The van der Waals surface area contributed by atoms with Gasteiger partial charge >= 0.3 is 6.01 Å². The van der Waals surface area contributed by atoms with Crippen molar-refractivity contribution >= 4 is 11.6 Å². The van der Waals surface area contributed by atoms with Crippen LogP contribution in [0.5, 0.6) is 6.01 Å². The maximum Gasteiger partial charge on any atom is 0.321 e. The maximum absolute atomic E-state index is 5.77. The van der Waals surface area contributed by atoms with Crippen LogP contribution in [0.4, 0.5) is 0 Å². The Bertz CT molecular complexity index is 498. The predicted octanol–water partition coefficient (Wildman–Crippen LogP) is 1.32. The molecule has 0 spiro atoms. The second kappa shape index (κ2) is 4.44. The largest absolute Gasteiger partial charge is 0.464 e. The normalized spacial score (nSPS) is 10.4. The van der Waals surface area contributed by atoms with Gasteiger partial charge in [0.05, 0.1) is 6.61 Å². The van der Waals surface area contributed by atoms with Gasteiger partial charge in [-0.05, 0) is 24.6 Å². The fraction of sp³-hybridized carbons (Fsp3) is 0.333. The lowest BCUT2D eigenvalue weighted by Crippen LogP contribution is -2.01. The number of aromatic nitrogens is 5. The van der Waals surface area contributed by atoms with Gasteiger partial charge in [0.15, 0.2) is 5.82 Å². The average molecular weight is 240 g/mol. The van der Waals surface area contributed by atoms with Gasteiger partial charge in [0.1, 0.15) is 5.69 Å². The van der Waals surface area contributed by atoms with E-state index in [9.17, 15) is 0 Å². The lowest BCUT2D eigenvalue weighted by atomic mass is 10.4. The van der Waals surface area contributed by atoms with Gasteiger partial charge in [-0.1, -0.05) is 0 Å². The number of rotatable bonds is 3. The molecule has 0 aliphatic heterocycles. The first kappa shape index (κ1) is 10.8. The number of hydrogen-bond acceptors (Lipinski definition) is 5. The van der Waals surface area contributed by atoms with E-state index >= 15 is 0 Å². The standard InChI is InChI=1S/C9H10ClN5O/c1-3-16-9-12-7(11-8(10)13-9)6-4-5-15(2)14-6/h4-5H,3H2,1-2H3. The summed E-state index contributed by atoms with van der Waals surface area (Å²) in [6.07, 6.45) is 1.80.